The van der Waals surface area contributed by atoms with Crippen molar-refractivity contribution < 1.29 is 18.7 Å². The molecule has 0 fully saturated rings. The molecule has 1 amide bonds. The molecule has 6 nitrogen and oxygen atoms in total. The summed E-state index contributed by atoms with van der Waals surface area (Å²) in [5.41, 5.74) is 7.86. The Morgan fingerprint density at radius 3 is 2.61 bits per heavy atom. The second kappa shape index (κ2) is 6.00. The molecule has 0 unspecified atom stereocenters. The van der Waals surface area contributed by atoms with Gasteiger partial charge in [0.2, 0.25) is 5.91 Å². The van der Waals surface area contributed by atoms with Crippen LogP contribution in [0.2, 0.25) is 0 Å². The van der Waals surface area contributed by atoms with E-state index in [1.165, 1.54) is 0 Å². The number of ether oxygens (including phenoxy) is 2. The fourth-order valence-corrected chi connectivity index (χ4v) is 2.37. The number of aromatic nitrogens is 1. The smallest absolute Gasteiger partial charge is 0.248 e. The monoisotopic (exact) mass is 312 g/mol. The number of methoxy groups -OCH3 is 2. The zero-order valence-electron chi connectivity index (χ0n) is 12.8. The normalized spacial score (nSPS) is 10.7. The number of carbonyl (C=O) groups is 1. The Bertz CT molecular complexity index is 870. The van der Waals surface area contributed by atoms with Gasteiger partial charge in [-0.15, -0.1) is 0 Å². The zero-order chi connectivity index (χ0) is 16.4. The van der Waals surface area contributed by atoms with E-state index in [9.17, 15) is 4.79 Å². The molecule has 6 heteroatoms. The molecule has 1 heterocycles. The van der Waals surface area contributed by atoms with Crippen LogP contribution in [-0.2, 0) is 6.42 Å². The standard InChI is InChI=1S/C17H16N2O4/c1-21-13-6-3-10(7-15(13)22-2)8-16-19-12-5-4-11(17(18)20)9-14(12)23-16/h3-7,9H,8H2,1-2H3,(H2,18,20). The Labute approximate surface area is 132 Å². The van der Waals surface area contributed by atoms with Crippen molar-refractivity contribution in [3.8, 4) is 11.5 Å². The lowest BCUT2D eigenvalue weighted by molar-refractivity contribution is 0.100. The summed E-state index contributed by atoms with van der Waals surface area (Å²) in [5, 5.41) is 0. The summed E-state index contributed by atoms with van der Waals surface area (Å²) in [5.74, 6) is 1.37. The molecule has 0 saturated heterocycles. The number of oxazole rings is 1. The molecule has 0 saturated carbocycles. The maximum Gasteiger partial charge on any atom is 0.248 e. The Kier molecular flexibility index (Phi) is 3.89. The number of nitrogens with two attached hydrogens (primary N) is 1. The number of benzene rings is 2. The van der Waals surface area contributed by atoms with Gasteiger partial charge in [-0.2, -0.15) is 0 Å². The van der Waals surface area contributed by atoms with Gasteiger partial charge >= 0.3 is 0 Å². The van der Waals surface area contributed by atoms with Crippen molar-refractivity contribution >= 4 is 17.0 Å². The summed E-state index contributed by atoms with van der Waals surface area (Å²) >= 11 is 0. The average Bonchev–Trinajstić information content (AvgIpc) is 2.95. The molecular formula is C17H16N2O4. The minimum atomic E-state index is -0.496. The molecule has 0 spiro atoms. The van der Waals surface area contributed by atoms with E-state index in [1.807, 2.05) is 18.2 Å². The predicted octanol–water partition coefficient (Wildman–Crippen LogP) is 2.53. The maximum atomic E-state index is 11.2. The summed E-state index contributed by atoms with van der Waals surface area (Å²) in [6.45, 7) is 0. The first-order valence-electron chi connectivity index (χ1n) is 7.01. The minimum Gasteiger partial charge on any atom is -0.493 e. The number of nitrogens with zero attached hydrogens (tertiary/aromatic N) is 1. The summed E-state index contributed by atoms with van der Waals surface area (Å²) in [7, 11) is 3.18. The fourth-order valence-electron chi connectivity index (χ4n) is 2.37. The predicted molar refractivity (Wildman–Crippen MR) is 84.9 cm³/mol. The van der Waals surface area contributed by atoms with Gasteiger partial charge in [0.15, 0.2) is 23.0 Å². The van der Waals surface area contributed by atoms with E-state index in [0.29, 0.717) is 40.5 Å². The molecule has 0 atom stereocenters. The second-order valence-corrected chi connectivity index (χ2v) is 5.02. The number of rotatable bonds is 5. The molecule has 23 heavy (non-hydrogen) atoms. The Balaban J connectivity index is 1.90. The molecule has 3 rings (SSSR count). The van der Waals surface area contributed by atoms with E-state index < -0.39 is 5.91 Å². The summed E-state index contributed by atoms with van der Waals surface area (Å²) in [6.07, 6.45) is 0.501. The molecule has 0 bridgehead atoms. The van der Waals surface area contributed by atoms with Gasteiger partial charge in [-0.25, -0.2) is 4.98 Å². The minimum absolute atomic E-state index is 0.395. The summed E-state index contributed by atoms with van der Waals surface area (Å²) in [6, 6.07) is 10.6. The first-order chi connectivity index (χ1) is 11.1. The van der Waals surface area contributed by atoms with Crippen LogP contribution >= 0.6 is 0 Å². The molecule has 0 radical (unpaired) electrons. The van der Waals surface area contributed by atoms with Crippen LogP contribution in [0.1, 0.15) is 21.8 Å². The van der Waals surface area contributed by atoms with Crippen molar-refractivity contribution in [3.63, 3.8) is 0 Å². The van der Waals surface area contributed by atoms with E-state index in [4.69, 9.17) is 19.6 Å². The van der Waals surface area contributed by atoms with Gasteiger partial charge in [0.25, 0.3) is 0 Å². The third kappa shape index (κ3) is 2.96. The highest BCUT2D eigenvalue weighted by Crippen LogP contribution is 2.29. The van der Waals surface area contributed by atoms with Crippen LogP contribution in [0.25, 0.3) is 11.1 Å². The lowest BCUT2D eigenvalue weighted by atomic mass is 10.1. The van der Waals surface area contributed by atoms with E-state index >= 15 is 0 Å². The van der Waals surface area contributed by atoms with Crippen molar-refractivity contribution in [2.24, 2.45) is 5.73 Å². The van der Waals surface area contributed by atoms with Gasteiger partial charge in [0, 0.05) is 12.0 Å². The van der Waals surface area contributed by atoms with Crippen LogP contribution in [0.4, 0.5) is 0 Å². The highest BCUT2D eigenvalue weighted by molar-refractivity contribution is 5.95. The quantitative estimate of drug-likeness (QED) is 0.782. The fraction of sp³-hybridized carbons (Fsp3) is 0.176. The molecule has 118 valence electrons. The number of hydrogen-bond acceptors (Lipinski definition) is 5. The SMILES string of the molecule is COc1ccc(Cc2nc3ccc(C(N)=O)cc3o2)cc1OC. The van der Waals surface area contributed by atoms with Crippen LogP contribution < -0.4 is 15.2 Å². The highest BCUT2D eigenvalue weighted by atomic mass is 16.5. The zero-order valence-corrected chi connectivity index (χ0v) is 12.8. The van der Waals surface area contributed by atoms with E-state index in [-0.39, 0.29) is 0 Å². The second-order valence-electron chi connectivity index (χ2n) is 5.02. The number of primary amides is 1. The molecule has 0 aliphatic carbocycles. The van der Waals surface area contributed by atoms with Crippen molar-refractivity contribution in [2.75, 3.05) is 14.2 Å². The van der Waals surface area contributed by atoms with Crippen molar-refractivity contribution in [1.82, 2.24) is 4.98 Å². The van der Waals surface area contributed by atoms with Gasteiger partial charge in [0.05, 0.1) is 14.2 Å². The Hall–Kier alpha value is -3.02. The lowest BCUT2D eigenvalue weighted by Gasteiger charge is -2.08. The Morgan fingerprint density at radius 1 is 1.13 bits per heavy atom. The molecule has 2 N–H and O–H groups in total. The van der Waals surface area contributed by atoms with Gasteiger partial charge < -0.3 is 19.6 Å². The van der Waals surface area contributed by atoms with E-state index in [0.717, 1.165) is 5.56 Å². The van der Waals surface area contributed by atoms with Crippen LogP contribution in [0.3, 0.4) is 0 Å². The first kappa shape index (κ1) is 14.9. The summed E-state index contributed by atoms with van der Waals surface area (Å²) in [4.78, 5) is 15.6. The van der Waals surface area contributed by atoms with E-state index in [2.05, 4.69) is 4.98 Å². The van der Waals surface area contributed by atoms with Crippen LogP contribution in [0.15, 0.2) is 40.8 Å². The third-order valence-electron chi connectivity index (χ3n) is 3.52. The highest BCUT2D eigenvalue weighted by Gasteiger charge is 2.11. The Morgan fingerprint density at radius 2 is 1.91 bits per heavy atom. The molecule has 0 aliphatic heterocycles. The largest absolute Gasteiger partial charge is 0.493 e. The molecule has 2 aromatic carbocycles. The molecule has 3 aromatic rings. The number of hydrogen-bond donors (Lipinski definition) is 1. The van der Waals surface area contributed by atoms with Crippen molar-refractivity contribution in [3.05, 3.63) is 53.4 Å². The topological polar surface area (TPSA) is 87.6 Å². The van der Waals surface area contributed by atoms with E-state index in [1.54, 1.807) is 32.4 Å². The number of fused-ring (bicyclic) bond motifs is 1. The molecule has 1 aromatic heterocycles. The van der Waals surface area contributed by atoms with Crippen LogP contribution in [0, 0.1) is 0 Å². The lowest BCUT2D eigenvalue weighted by Crippen LogP contribution is -2.10. The van der Waals surface area contributed by atoms with Crippen LogP contribution in [-0.4, -0.2) is 25.1 Å². The molecule has 0 aliphatic rings. The van der Waals surface area contributed by atoms with Gasteiger partial charge in [-0.05, 0) is 35.9 Å². The van der Waals surface area contributed by atoms with Crippen molar-refractivity contribution in [1.29, 1.82) is 0 Å². The molecular weight excluding hydrogens is 296 g/mol. The van der Waals surface area contributed by atoms with Gasteiger partial charge in [-0.3, -0.25) is 4.79 Å². The number of carbonyl (C=O) groups excluding carboxylic acids is 1. The van der Waals surface area contributed by atoms with Crippen molar-refractivity contribution in [2.45, 2.75) is 6.42 Å². The first-order valence-corrected chi connectivity index (χ1v) is 7.01. The van der Waals surface area contributed by atoms with Gasteiger partial charge in [-0.1, -0.05) is 6.07 Å². The average molecular weight is 312 g/mol. The number of amides is 1. The van der Waals surface area contributed by atoms with Gasteiger partial charge in [0.1, 0.15) is 5.52 Å². The van der Waals surface area contributed by atoms with Crippen LogP contribution in [0.5, 0.6) is 11.5 Å². The summed E-state index contributed by atoms with van der Waals surface area (Å²) < 4.78 is 16.2. The maximum absolute atomic E-state index is 11.2. The third-order valence-corrected chi connectivity index (χ3v) is 3.52.